The van der Waals surface area contributed by atoms with Gasteiger partial charge in [0.1, 0.15) is 0 Å². The van der Waals surface area contributed by atoms with E-state index in [1.165, 1.54) is 38.0 Å². The van der Waals surface area contributed by atoms with Crippen LogP contribution < -0.4 is 10.0 Å². The number of ether oxygens (including phenoxy) is 1. The Labute approximate surface area is 167 Å². The van der Waals surface area contributed by atoms with Crippen molar-refractivity contribution in [1.29, 1.82) is 0 Å². The molecule has 1 aliphatic rings. The molecular formula is C26H27OP. The molecule has 5 rings (SSSR count). The Bertz CT molecular complexity index is 1160. The number of hydrogen-bond acceptors (Lipinski definition) is 1. The minimum atomic E-state index is -1.83. The van der Waals surface area contributed by atoms with Gasteiger partial charge in [0, 0.05) is 0 Å². The Balaban J connectivity index is 1.95. The molecule has 4 aromatic rings. The van der Waals surface area contributed by atoms with Crippen LogP contribution in [0.25, 0.3) is 32.7 Å². The molecule has 0 bridgehead atoms. The molecule has 0 spiro atoms. The minimum absolute atomic E-state index is 0.231. The zero-order valence-electron chi connectivity index (χ0n) is 17.0. The zero-order chi connectivity index (χ0) is 19.5. The molecule has 0 saturated heterocycles. The number of benzene rings is 4. The SMILES string of the molecule is CC(C)(C)[PH]1(C)COc2cccc(-c3c4ccccc4cc4ccccc34)c21. The molecule has 0 atom stereocenters. The molecule has 0 fully saturated rings. The van der Waals surface area contributed by atoms with Crippen LogP contribution in [0.15, 0.2) is 72.8 Å². The van der Waals surface area contributed by atoms with Crippen LogP contribution in [0.2, 0.25) is 0 Å². The first-order chi connectivity index (χ1) is 13.4. The van der Waals surface area contributed by atoms with Gasteiger partial charge >= 0.3 is 167 Å². The van der Waals surface area contributed by atoms with E-state index in [0.717, 1.165) is 12.1 Å². The van der Waals surface area contributed by atoms with Crippen LogP contribution in [0.1, 0.15) is 20.8 Å². The molecule has 0 aliphatic carbocycles. The van der Waals surface area contributed by atoms with E-state index in [0.29, 0.717) is 0 Å². The molecule has 0 amide bonds. The van der Waals surface area contributed by atoms with Gasteiger partial charge in [0.2, 0.25) is 0 Å². The van der Waals surface area contributed by atoms with Crippen molar-refractivity contribution in [3.63, 3.8) is 0 Å². The van der Waals surface area contributed by atoms with Crippen molar-refractivity contribution in [2.75, 3.05) is 13.0 Å². The molecule has 2 heteroatoms. The summed E-state index contributed by atoms with van der Waals surface area (Å²) in [6.07, 6.45) is 0.867. The second-order valence-electron chi connectivity index (χ2n) is 9.24. The molecule has 142 valence electrons. The topological polar surface area (TPSA) is 9.23 Å². The van der Waals surface area contributed by atoms with Crippen LogP contribution in [0.4, 0.5) is 0 Å². The molecule has 0 saturated carbocycles. The summed E-state index contributed by atoms with van der Waals surface area (Å²) in [4.78, 5) is 0. The van der Waals surface area contributed by atoms with Gasteiger partial charge < -0.3 is 0 Å². The van der Waals surface area contributed by atoms with Gasteiger partial charge in [0.15, 0.2) is 0 Å². The van der Waals surface area contributed by atoms with Gasteiger partial charge in [-0.3, -0.25) is 0 Å². The number of rotatable bonds is 1. The van der Waals surface area contributed by atoms with E-state index in [4.69, 9.17) is 4.74 Å². The molecular weight excluding hydrogens is 359 g/mol. The Morgan fingerprint density at radius 2 is 1.39 bits per heavy atom. The van der Waals surface area contributed by atoms with Crippen molar-refractivity contribution in [3.05, 3.63) is 72.8 Å². The van der Waals surface area contributed by atoms with E-state index in [2.05, 4.69) is 100 Å². The third kappa shape index (κ3) is 2.43. The van der Waals surface area contributed by atoms with Crippen LogP contribution in [-0.2, 0) is 0 Å². The first-order valence-electron chi connectivity index (χ1n) is 10.1. The van der Waals surface area contributed by atoms with Crippen LogP contribution >= 0.6 is 7.26 Å². The third-order valence-electron chi connectivity index (χ3n) is 6.79. The summed E-state index contributed by atoms with van der Waals surface area (Å²) in [5.74, 6) is 1.10. The van der Waals surface area contributed by atoms with Crippen LogP contribution in [0, 0.1) is 0 Å². The normalized spacial score (nSPS) is 16.7. The summed E-state index contributed by atoms with van der Waals surface area (Å²) < 4.78 is 6.29. The molecule has 4 aromatic carbocycles. The average Bonchev–Trinajstić information content (AvgIpc) is 3.05. The zero-order valence-corrected chi connectivity index (χ0v) is 18.0. The number of fused-ring (bicyclic) bond motifs is 3. The molecule has 0 aromatic heterocycles. The van der Waals surface area contributed by atoms with Gasteiger partial charge in [-0.2, -0.15) is 0 Å². The third-order valence-corrected chi connectivity index (χ3v) is 12.4. The molecule has 0 unspecified atom stereocenters. The van der Waals surface area contributed by atoms with Gasteiger partial charge in [-0.1, -0.05) is 0 Å². The van der Waals surface area contributed by atoms with E-state index in [-0.39, 0.29) is 5.16 Å². The van der Waals surface area contributed by atoms with Crippen molar-refractivity contribution in [3.8, 4) is 16.9 Å². The van der Waals surface area contributed by atoms with E-state index in [1.54, 1.807) is 0 Å². The fourth-order valence-electron chi connectivity index (χ4n) is 4.62. The molecule has 1 nitrogen and oxygen atoms in total. The fourth-order valence-corrected chi connectivity index (χ4v) is 7.89. The quantitative estimate of drug-likeness (QED) is 0.258. The Kier molecular flexibility index (Phi) is 3.83. The molecule has 0 radical (unpaired) electrons. The first kappa shape index (κ1) is 17.7. The average molecular weight is 386 g/mol. The summed E-state index contributed by atoms with van der Waals surface area (Å²) in [6.45, 7) is 9.65. The maximum atomic E-state index is 6.29. The van der Waals surface area contributed by atoms with Crippen molar-refractivity contribution in [1.82, 2.24) is 0 Å². The molecule has 28 heavy (non-hydrogen) atoms. The molecule has 1 heterocycles. The van der Waals surface area contributed by atoms with Gasteiger partial charge in [-0.25, -0.2) is 0 Å². The van der Waals surface area contributed by atoms with Crippen LogP contribution in [0.3, 0.4) is 0 Å². The van der Waals surface area contributed by atoms with Crippen LogP contribution in [0.5, 0.6) is 5.75 Å². The van der Waals surface area contributed by atoms with E-state index in [1.807, 2.05) is 0 Å². The second-order valence-corrected chi connectivity index (χ2v) is 14.2. The van der Waals surface area contributed by atoms with Crippen molar-refractivity contribution < 1.29 is 4.74 Å². The standard InChI is InChI=1S/C26H27OP/c1-26(2,3)28(4)17-27-23-15-9-14-22(25(23)28)24-20-12-7-5-10-18(20)16-19-11-6-8-13-21(19)24/h5-16,28H,17H2,1-4H3. The monoisotopic (exact) mass is 386 g/mol. The van der Waals surface area contributed by atoms with E-state index in [9.17, 15) is 0 Å². The first-order valence-corrected chi connectivity index (χ1v) is 12.8. The summed E-state index contributed by atoms with van der Waals surface area (Å²) in [5.41, 5.74) is 2.73. The van der Waals surface area contributed by atoms with Gasteiger partial charge in [0.05, 0.1) is 0 Å². The van der Waals surface area contributed by atoms with E-state index >= 15 is 0 Å². The summed E-state index contributed by atoms with van der Waals surface area (Å²) in [7, 11) is -1.83. The maximum absolute atomic E-state index is 6.29. The van der Waals surface area contributed by atoms with Crippen molar-refractivity contribution in [2.45, 2.75) is 25.9 Å². The fraction of sp³-hybridized carbons (Fsp3) is 0.231. The Hall–Kier alpha value is -2.37. The Morgan fingerprint density at radius 1 is 0.786 bits per heavy atom. The van der Waals surface area contributed by atoms with Gasteiger partial charge in [-0.15, -0.1) is 0 Å². The predicted octanol–water partition coefficient (Wildman–Crippen LogP) is 6.81. The van der Waals surface area contributed by atoms with Crippen molar-refractivity contribution >= 4 is 34.1 Å². The summed E-state index contributed by atoms with van der Waals surface area (Å²) in [5, 5.41) is 6.97. The van der Waals surface area contributed by atoms with E-state index < -0.39 is 7.26 Å². The summed E-state index contributed by atoms with van der Waals surface area (Å²) >= 11 is 0. The predicted molar refractivity (Wildman–Crippen MR) is 126 cm³/mol. The van der Waals surface area contributed by atoms with Crippen LogP contribution in [-0.4, -0.2) is 18.2 Å². The van der Waals surface area contributed by atoms with Crippen molar-refractivity contribution in [2.24, 2.45) is 0 Å². The second kappa shape index (κ2) is 6.06. The number of hydrogen-bond donors (Lipinski definition) is 0. The van der Waals surface area contributed by atoms with Gasteiger partial charge in [0.25, 0.3) is 0 Å². The molecule has 1 aliphatic heterocycles. The summed E-state index contributed by atoms with van der Waals surface area (Å²) in [6, 6.07) is 26.5. The molecule has 0 N–H and O–H groups in total. The Morgan fingerprint density at radius 3 is 2.00 bits per heavy atom. The van der Waals surface area contributed by atoms with Gasteiger partial charge in [-0.05, 0) is 0 Å².